The van der Waals surface area contributed by atoms with Gasteiger partial charge in [0.25, 0.3) is 0 Å². The summed E-state index contributed by atoms with van der Waals surface area (Å²) in [5, 5.41) is 8.43. The van der Waals surface area contributed by atoms with Crippen molar-refractivity contribution >= 4 is 17.6 Å². The van der Waals surface area contributed by atoms with Gasteiger partial charge in [0.1, 0.15) is 6.26 Å². The lowest BCUT2D eigenvalue weighted by Gasteiger charge is -2.12. The molecule has 0 unspecified atom stereocenters. The second-order valence-corrected chi connectivity index (χ2v) is 4.45. The monoisotopic (exact) mass is 263 g/mol. The van der Waals surface area contributed by atoms with E-state index in [0.29, 0.717) is 6.54 Å². The quantitative estimate of drug-likeness (QED) is 0.638. The van der Waals surface area contributed by atoms with Crippen LogP contribution < -0.4 is 10.6 Å². The Morgan fingerprint density at radius 1 is 1.32 bits per heavy atom. The molecule has 19 heavy (non-hydrogen) atoms. The van der Waals surface area contributed by atoms with Crippen LogP contribution in [0.4, 0.5) is 5.82 Å². The second kappa shape index (κ2) is 6.72. The van der Waals surface area contributed by atoms with Gasteiger partial charge in [0.15, 0.2) is 5.82 Å². The topological polar surface area (TPSA) is 84.2 Å². The predicted octanol–water partition coefficient (Wildman–Crippen LogP) is 1.62. The van der Waals surface area contributed by atoms with Crippen molar-refractivity contribution in [1.29, 1.82) is 0 Å². The van der Waals surface area contributed by atoms with Crippen LogP contribution >= 0.6 is 0 Å². The number of carbonyl (C=O) groups is 2. The first-order chi connectivity index (χ1) is 9.25. The molecule has 102 valence electrons. The Morgan fingerprint density at radius 3 is 2.89 bits per heavy atom. The van der Waals surface area contributed by atoms with E-state index in [9.17, 15) is 9.59 Å². The molecule has 0 bridgehead atoms. The lowest BCUT2D eigenvalue weighted by molar-refractivity contribution is -0.136. The number of anilines is 1. The van der Waals surface area contributed by atoms with Gasteiger partial charge in [-0.05, 0) is 32.1 Å². The maximum absolute atomic E-state index is 11.5. The first-order valence-electron chi connectivity index (χ1n) is 6.43. The molecule has 0 spiro atoms. The van der Waals surface area contributed by atoms with Gasteiger partial charge in [0, 0.05) is 12.6 Å². The predicted molar refractivity (Wildman–Crippen MR) is 69.3 cm³/mol. The number of nitrogens with zero attached hydrogens (tertiary/aromatic N) is 1. The van der Waals surface area contributed by atoms with Crippen molar-refractivity contribution in [2.45, 2.75) is 32.1 Å². The number of rotatable bonds is 4. The van der Waals surface area contributed by atoms with Crippen molar-refractivity contribution in [3.63, 3.8) is 0 Å². The van der Waals surface area contributed by atoms with Crippen molar-refractivity contribution in [3.05, 3.63) is 24.0 Å². The fourth-order valence-electron chi connectivity index (χ4n) is 2.00. The Labute approximate surface area is 111 Å². The minimum absolute atomic E-state index is 0.232. The molecule has 0 saturated heterocycles. The molecule has 6 heteroatoms. The molecule has 1 aromatic heterocycles. The van der Waals surface area contributed by atoms with Crippen LogP contribution in [-0.4, -0.2) is 23.5 Å². The summed E-state index contributed by atoms with van der Waals surface area (Å²) in [5.74, 6) is -1.15. The van der Waals surface area contributed by atoms with Crippen molar-refractivity contribution in [2.24, 2.45) is 0 Å². The molecule has 0 radical (unpaired) electrons. The first-order valence-corrected chi connectivity index (χ1v) is 6.43. The molecule has 6 nitrogen and oxygen atoms in total. The average Bonchev–Trinajstić information content (AvgIpc) is 2.92. The summed E-state index contributed by atoms with van der Waals surface area (Å²) >= 11 is 0. The zero-order valence-corrected chi connectivity index (χ0v) is 10.6. The standard InChI is InChI=1S/C13H17N3O3/c17-12(13(18)15-11-7-9-19-16-11)14-8-6-10-4-2-1-3-5-10/h4,7,9H,1-3,5-6,8H2,(H,14,17)(H,15,16,18). The van der Waals surface area contributed by atoms with Crippen LogP contribution in [0.2, 0.25) is 0 Å². The number of nitrogens with one attached hydrogen (secondary N) is 2. The Kier molecular flexibility index (Phi) is 4.72. The minimum atomic E-state index is -0.730. The van der Waals surface area contributed by atoms with Crippen molar-refractivity contribution < 1.29 is 14.1 Å². The third-order valence-corrected chi connectivity index (χ3v) is 3.00. The van der Waals surface area contributed by atoms with Gasteiger partial charge in [-0.25, -0.2) is 0 Å². The molecular weight excluding hydrogens is 246 g/mol. The number of aromatic nitrogens is 1. The average molecular weight is 263 g/mol. The summed E-state index contributed by atoms with van der Waals surface area (Å²) in [5.41, 5.74) is 1.36. The van der Waals surface area contributed by atoms with E-state index in [2.05, 4.69) is 26.4 Å². The summed E-state index contributed by atoms with van der Waals surface area (Å²) in [6, 6.07) is 1.47. The van der Waals surface area contributed by atoms with Gasteiger partial charge in [-0.3, -0.25) is 14.9 Å². The molecular formula is C13H17N3O3. The number of amides is 2. The Hall–Kier alpha value is -2.11. The molecule has 0 fully saturated rings. The van der Waals surface area contributed by atoms with Gasteiger partial charge >= 0.3 is 11.8 Å². The van der Waals surface area contributed by atoms with Gasteiger partial charge in [0.05, 0.1) is 0 Å². The molecule has 1 aliphatic carbocycles. The molecule has 1 aromatic rings. The highest BCUT2D eigenvalue weighted by atomic mass is 16.5. The highest BCUT2D eigenvalue weighted by Gasteiger charge is 2.14. The van der Waals surface area contributed by atoms with E-state index >= 15 is 0 Å². The van der Waals surface area contributed by atoms with Crippen LogP contribution in [0.3, 0.4) is 0 Å². The van der Waals surface area contributed by atoms with Gasteiger partial charge in [-0.15, -0.1) is 0 Å². The number of hydrogen-bond donors (Lipinski definition) is 2. The van der Waals surface area contributed by atoms with Crippen LogP contribution in [0.5, 0.6) is 0 Å². The van der Waals surface area contributed by atoms with Crippen LogP contribution in [0.15, 0.2) is 28.5 Å². The van der Waals surface area contributed by atoms with E-state index in [0.717, 1.165) is 19.3 Å². The minimum Gasteiger partial charge on any atom is -0.363 e. The van der Waals surface area contributed by atoms with Crippen molar-refractivity contribution in [3.8, 4) is 0 Å². The summed E-state index contributed by atoms with van der Waals surface area (Å²) in [7, 11) is 0. The maximum Gasteiger partial charge on any atom is 0.314 e. The van der Waals surface area contributed by atoms with Gasteiger partial charge in [-0.2, -0.15) is 0 Å². The van der Waals surface area contributed by atoms with E-state index in [1.54, 1.807) is 0 Å². The van der Waals surface area contributed by atoms with Crippen LogP contribution in [-0.2, 0) is 9.59 Å². The number of hydrogen-bond acceptors (Lipinski definition) is 4. The van der Waals surface area contributed by atoms with E-state index in [4.69, 9.17) is 0 Å². The molecule has 2 N–H and O–H groups in total. The number of carbonyl (C=O) groups excluding carboxylic acids is 2. The van der Waals surface area contributed by atoms with E-state index in [1.807, 2.05) is 0 Å². The molecule has 1 heterocycles. The fraction of sp³-hybridized carbons (Fsp3) is 0.462. The lowest BCUT2D eigenvalue weighted by Crippen LogP contribution is -2.36. The number of allylic oxidation sites excluding steroid dienone is 1. The molecule has 0 aliphatic heterocycles. The lowest BCUT2D eigenvalue weighted by atomic mass is 9.97. The third kappa shape index (κ3) is 4.24. The SMILES string of the molecule is O=C(NCCC1=CCCCC1)C(=O)Nc1ccon1. The second-order valence-electron chi connectivity index (χ2n) is 4.45. The Bertz CT molecular complexity index is 465. The molecule has 1 aliphatic rings. The normalized spacial score (nSPS) is 14.6. The zero-order valence-electron chi connectivity index (χ0n) is 10.6. The van der Waals surface area contributed by atoms with Crippen molar-refractivity contribution in [2.75, 3.05) is 11.9 Å². The van der Waals surface area contributed by atoms with E-state index in [1.165, 1.54) is 30.7 Å². The molecule has 0 aromatic carbocycles. The highest BCUT2D eigenvalue weighted by molar-refractivity contribution is 6.39. The van der Waals surface area contributed by atoms with Gasteiger partial charge in [-0.1, -0.05) is 16.8 Å². The third-order valence-electron chi connectivity index (χ3n) is 3.00. The molecule has 2 rings (SSSR count). The Balaban J connectivity index is 1.69. The molecule has 2 amide bonds. The summed E-state index contributed by atoms with van der Waals surface area (Å²) in [6.07, 6.45) is 9.04. The summed E-state index contributed by atoms with van der Waals surface area (Å²) in [6.45, 7) is 0.483. The highest BCUT2D eigenvalue weighted by Crippen LogP contribution is 2.19. The maximum atomic E-state index is 11.5. The molecule has 0 atom stereocenters. The molecule has 0 saturated carbocycles. The zero-order chi connectivity index (χ0) is 13.5. The van der Waals surface area contributed by atoms with Crippen LogP contribution in [0, 0.1) is 0 Å². The van der Waals surface area contributed by atoms with Gasteiger partial charge in [0.2, 0.25) is 0 Å². The largest absolute Gasteiger partial charge is 0.363 e. The fourth-order valence-corrected chi connectivity index (χ4v) is 2.00. The van der Waals surface area contributed by atoms with E-state index < -0.39 is 11.8 Å². The van der Waals surface area contributed by atoms with Crippen molar-refractivity contribution in [1.82, 2.24) is 10.5 Å². The van der Waals surface area contributed by atoms with Gasteiger partial charge < -0.3 is 9.84 Å². The van der Waals surface area contributed by atoms with Crippen LogP contribution in [0.25, 0.3) is 0 Å². The Morgan fingerprint density at radius 2 is 2.21 bits per heavy atom. The summed E-state index contributed by atoms with van der Waals surface area (Å²) < 4.78 is 4.55. The first kappa shape index (κ1) is 13.3. The smallest absolute Gasteiger partial charge is 0.314 e. The van der Waals surface area contributed by atoms with Crippen LogP contribution in [0.1, 0.15) is 32.1 Å². The summed E-state index contributed by atoms with van der Waals surface area (Å²) in [4.78, 5) is 23.0. The van der Waals surface area contributed by atoms with E-state index in [-0.39, 0.29) is 5.82 Å².